The second-order valence-corrected chi connectivity index (χ2v) is 10.8. The minimum atomic E-state index is -3.45. The third-order valence-electron chi connectivity index (χ3n) is 4.78. The summed E-state index contributed by atoms with van der Waals surface area (Å²) in [6.07, 6.45) is 0. The number of aryl methyl sites for hydroxylation is 1. The zero-order valence-corrected chi connectivity index (χ0v) is 17.8. The van der Waals surface area contributed by atoms with E-state index in [1.54, 1.807) is 22.4 Å². The molecule has 0 radical (unpaired) electrons. The first-order chi connectivity index (χ1) is 13.5. The molecule has 5 nitrogen and oxygen atoms in total. The molecular weight excluding hydrogens is 412 g/mol. The molecule has 3 heterocycles. The predicted octanol–water partition coefficient (Wildman–Crippen LogP) is 3.93. The molecule has 0 bridgehead atoms. The van der Waals surface area contributed by atoms with E-state index >= 15 is 0 Å². The van der Waals surface area contributed by atoms with Crippen LogP contribution in [-0.4, -0.2) is 49.7 Å². The van der Waals surface area contributed by atoms with E-state index < -0.39 is 10.0 Å². The first-order valence-electron chi connectivity index (χ1n) is 8.95. The highest BCUT2D eigenvalue weighted by Crippen LogP contribution is 2.33. The molecule has 0 saturated carbocycles. The van der Waals surface area contributed by atoms with Crippen LogP contribution in [0.3, 0.4) is 0 Å². The summed E-state index contributed by atoms with van der Waals surface area (Å²) in [5, 5.41) is 1.76. The lowest BCUT2D eigenvalue weighted by Gasteiger charge is -2.33. The quantitative estimate of drug-likeness (QED) is 0.628. The fourth-order valence-electron chi connectivity index (χ4n) is 3.29. The normalized spacial score (nSPS) is 15.7. The van der Waals surface area contributed by atoms with Gasteiger partial charge in [0, 0.05) is 31.1 Å². The summed E-state index contributed by atoms with van der Waals surface area (Å²) in [6.45, 7) is 3.47. The molecule has 28 heavy (non-hydrogen) atoms. The minimum absolute atomic E-state index is 0.0246. The SMILES string of the molecule is Cc1cc(C(=O)N2CCN(S(=O)(=O)c3cccs3)CC2)sc1-c1ccccc1. The second kappa shape index (κ2) is 7.79. The highest BCUT2D eigenvalue weighted by atomic mass is 32.2. The van der Waals surface area contributed by atoms with Gasteiger partial charge in [-0.3, -0.25) is 4.79 Å². The number of amides is 1. The first-order valence-corrected chi connectivity index (χ1v) is 12.1. The lowest BCUT2D eigenvalue weighted by molar-refractivity contribution is 0.0703. The van der Waals surface area contributed by atoms with Gasteiger partial charge in [0.05, 0.1) is 4.88 Å². The molecule has 146 valence electrons. The van der Waals surface area contributed by atoms with Crippen molar-refractivity contribution in [3.05, 3.63) is 64.4 Å². The van der Waals surface area contributed by atoms with E-state index in [9.17, 15) is 13.2 Å². The summed E-state index contributed by atoms with van der Waals surface area (Å²) in [6, 6.07) is 15.3. The molecule has 0 spiro atoms. The summed E-state index contributed by atoms with van der Waals surface area (Å²) in [5.41, 5.74) is 2.19. The van der Waals surface area contributed by atoms with Crippen molar-refractivity contribution in [2.75, 3.05) is 26.2 Å². The van der Waals surface area contributed by atoms with Crippen LogP contribution in [-0.2, 0) is 10.0 Å². The lowest BCUT2D eigenvalue weighted by atomic mass is 10.1. The molecule has 1 aromatic carbocycles. The van der Waals surface area contributed by atoms with Gasteiger partial charge in [0.25, 0.3) is 15.9 Å². The molecule has 2 aromatic heterocycles. The Morgan fingerprint density at radius 3 is 2.36 bits per heavy atom. The molecule has 3 aromatic rings. The van der Waals surface area contributed by atoms with E-state index in [0.29, 0.717) is 35.3 Å². The van der Waals surface area contributed by atoms with E-state index in [0.717, 1.165) is 16.0 Å². The first kappa shape index (κ1) is 19.3. The number of hydrogen-bond acceptors (Lipinski definition) is 5. The third kappa shape index (κ3) is 3.65. The number of benzene rings is 1. The van der Waals surface area contributed by atoms with Gasteiger partial charge < -0.3 is 4.90 Å². The standard InChI is InChI=1S/C20H20N2O3S3/c1-15-14-17(27-19(15)16-6-3-2-4-7-16)20(23)21-9-11-22(12-10-21)28(24,25)18-8-5-13-26-18/h2-8,13-14H,9-12H2,1H3. The fraction of sp³-hybridized carbons (Fsp3) is 0.250. The topological polar surface area (TPSA) is 57.7 Å². The minimum Gasteiger partial charge on any atom is -0.335 e. The zero-order chi connectivity index (χ0) is 19.7. The predicted molar refractivity (Wildman–Crippen MR) is 113 cm³/mol. The van der Waals surface area contributed by atoms with Gasteiger partial charge in [-0.25, -0.2) is 8.42 Å². The van der Waals surface area contributed by atoms with Gasteiger partial charge >= 0.3 is 0 Å². The Bertz CT molecular complexity index is 1070. The third-order valence-corrected chi connectivity index (χ3v) is 9.33. The maximum atomic E-state index is 13.0. The van der Waals surface area contributed by atoms with Crippen LogP contribution in [0.5, 0.6) is 0 Å². The van der Waals surface area contributed by atoms with Gasteiger partial charge in [-0.15, -0.1) is 22.7 Å². The number of hydrogen-bond donors (Lipinski definition) is 0. The Kier molecular flexibility index (Phi) is 5.37. The lowest BCUT2D eigenvalue weighted by Crippen LogP contribution is -2.50. The second-order valence-electron chi connectivity index (χ2n) is 6.62. The molecule has 1 saturated heterocycles. The highest BCUT2D eigenvalue weighted by Gasteiger charge is 2.31. The van der Waals surface area contributed by atoms with Crippen molar-refractivity contribution >= 4 is 38.6 Å². The molecule has 1 fully saturated rings. The maximum absolute atomic E-state index is 13.0. The van der Waals surface area contributed by atoms with Crippen molar-refractivity contribution in [1.82, 2.24) is 9.21 Å². The van der Waals surface area contributed by atoms with E-state index in [4.69, 9.17) is 0 Å². The highest BCUT2D eigenvalue weighted by molar-refractivity contribution is 7.91. The molecule has 1 amide bonds. The van der Waals surface area contributed by atoms with Gasteiger partial charge in [0.15, 0.2) is 0 Å². The Balaban J connectivity index is 1.46. The summed E-state index contributed by atoms with van der Waals surface area (Å²) in [5.74, 6) is -0.0246. The Morgan fingerprint density at radius 2 is 1.71 bits per heavy atom. The number of piperazine rings is 1. The summed E-state index contributed by atoms with van der Waals surface area (Å²) >= 11 is 2.72. The van der Waals surface area contributed by atoms with Gasteiger partial charge in [-0.05, 0) is 35.6 Å². The van der Waals surface area contributed by atoms with E-state index in [-0.39, 0.29) is 5.91 Å². The van der Waals surface area contributed by atoms with Crippen LogP contribution in [0.1, 0.15) is 15.2 Å². The molecule has 8 heteroatoms. The average molecular weight is 433 g/mol. The number of sulfonamides is 1. The summed E-state index contributed by atoms with van der Waals surface area (Å²) in [7, 11) is -3.45. The molecule has 1 aliphatic heterocycles. The van der Waals surface area contributed by atoms with Gasteiger partial charge in [0.1, 0.15) is 4.21 Å². The average Bonchev–Trinajstić information content (AvgIpc) is 3.39. The van der Waals surface area contributed by atoms with Crippen LogP contribution in [0.25, 0.3) is 10.4 Å². The zero-order valence-electron chi connectivity index (χ0n) is 15.4. The largest absolute Gasteiger partial charge is 0.335 e. The van der Waals surface area contributed by atoms with E-state index in [2.05, 4.69) is 0 Å². The summed E-state index contributed by atoms with van der Waals surface area (Å²) < 4.78 is 27.1. The van der Waals surface area contributed by atoms with Gasteiger partial charge in [0.2, 0.25) is 0 Å². The van der Waals surface area contributed by atoms with Crippen LogP contribution < -0.4 is 0 Å². The van der Waals surface area contributed by atoms with E-state index in [1.807, 2.05) is 43.3 Å². The molecule has 0 N–H and O–H groups in total. The number of carbonyl (C=O) groups excluding carboxylic acids is 1. The maximum Gasteiger partial charge on any atom is 0.264 e. The monoisotopic (exact) mass is 432 g/mol. The molecule has 4 rings (SSSR count). The summed E-state index contributed by atoms with van der Waals surface area (Å²) in [4.78, 5) is 16.5. The molecule has 1 aliphatic rings. The Morgan fingerprint density at radius 1 is 1.00 bits per heavy atom. The number of rotatable bonds is 4. The van der Waals surface area contributed by atoms with E-state index in [1.165, 1.54) is 27.0 Å². The smallest absolute Gasteiger partial charge is 0.264 e. The number of thiophene rings is 2. The van der Waals surface area contributed by atoms with Gasteiger partial charge in [-0.2, -0.15) is 4.31 Å². The number of nitrogens with zero attached hydrogens (tertiary/aromatic N) is 2. The van der Waals surface area contributed by atoms with Crippen LogP contribution in [0.4, 0.5) is 0 Å². The van der Waals surface area contributed by atoms with Crippen LogP contribution >= 0.6 is 22.7 Å². The van der Waals surface area contributed by atoms with Crippen LogP contribution in [0.2, 0.25) is 0 Å². The van der Waals surface area contributed by atoms with Crippen LogP contribution in [0, 0.1) is 6.92 Å². The van der Waals surface area contributed by atoms with Crippen molar-refractivity contribution in [2.24, 2.45) is 0 Å². The molecular formula is C20H20N2O3S3. The Hall–Kier alpha value is -2.00. The number of carbonyl (C=O) groups is 1. The van der Waals surface area contributed by atoms with Crippen molar-refractivity contribution in [3.63, 3.8) is 0 Å². The molecule has 0 unspecified atom stereocenters. The van der Waals surface area contributed by atoms with Crippen molar-refractivity contribution in [3.8, 4) is 10.4 Å². The van der Waals surface area contributed by atoms with Crippen molar-refractivity contribution in [2.45, 2.75) is 11.1 Å². The fourth-order valence-corrected chi connectivity index (χ4v) is 7.00. The molecule has 0 aliphatic carbocycles. The molecule has 0 atom stereocenters. The Labute approximate surface area is 172 Å². The van der Waals surface area contributed by atoms with Crippen LogP contribution in [0.15, 0.2) is 58.1 Å². The van der Waals surface area contributed by atoms with Crippen molar-refractivity contribution in [1.29, 1.82) is 0 Å². The van der Waals surface area contributed by atoms with Gasteiger partial charge in [-0.1, -0.05) is 36.4 Å². The van der Waals surface area contributed by atoms with Crippen molar-refractivity contribution < 1.29 is 13.2 Å².